The molecule has 1 fully saturated rings. The highest BCUT2D eigenvalue weighted by atomic mass is 35.5. The highest BCUT2D eigenvalue weighted by Gasteiger charge is 2.36. The molecule has 1 aliphatic heterocycles. The molecule has 3 rings (SSSR count). The van der Waals surface area contributed by atoms with E-state index in [1.165, 1.54) is 0 Å². The van der Waals surface area contributed by atoms with Gasteiger partial charge in [-0.25, -0.2) is 4.98 Å². The van der Waals surface area contributed by atoms with E-state index in [1.807, 2.05) is 31.2 Å². The highest BCUT2D eigenvalue weighted by molar-refractivity contribution is 6.30. The summed E-state index contributed by atoms with van der Waals surface area (Å²) in [4.78, 5) is 20.6. The minimum absolute atomic E-state index is 0.268. The van der Waals surface area contributed by atoms with E-state index < -0.39 is 6.10 Å². The molecule has 7 nitrogen and oxygen atoms in total. The minimum Gasteiger partial charge on any atom is -0.439 e. The van der Waals surface area contributed by atoms with Crippen molar-refractivity contribution in [3.8, 4) is 11.3 Å². The molecule has 0 saturated carbocycles. The van der Waals surface area contributed by atoms with Gasteiger partial charge in [0.05, 0.1) is 17.8 Å². The first-order chi connectivity index (χ1) is 14.7. The fourth-order valence-corrected chi connectivity index (χ4v) is 4.24. The van der Waals surface area contributed by atoms with Crippen LogP contribution in [-0.2, 0) is 10.3 Å². The molecular weight excluding hydrogens is 416 g/mol. The molecule has 2 aromatic rings. The van der Waals surface area contributed by atoms with Crippen molar-refractivity contribution < 1.29 is 14.3 Å². The first-order valence-corrected chi connectivity index (χ1v) is 11.3. The topological polar surface area (TPSA) is 95.8 Å². The molecular formula is C23H33ClN4O3. The van der Waals surface area contributed by atoms with Gasteiger partial charge in [0.15, 0.2) is 5.76 Å². The number of nitrogens with two attached hydrogens (primary N) is 1. The number of benzene rings is 1. The minimum atomic E-state index is -0.550. The van der Waals surface area contributed by atoms with Gasteiger partial charge in [-0.15, -0.1) is 0 Å². The van der Waals surface area contributed by atoms with Gasteiger partial charge in [0.25, 0.3) is 0 Å². The number of rotatable bonds is 9. The van der Waals surface area contributed by atoms with Crippen molar-refractivity contribution in [2.24, 2.45) is 11.7 Å². The van der Waals surface area contributed by atoms with Crippen molar-refractivity contribution >= 4 is 17.5 Å². The molecule has 1 aromatic heterocycles. The molecule has 2 atom stereocenters. The van der Waals surface area contributed by atoms with Gasteiger partial charge in [-0.3, -0.25) is 14.6 Å². The number of nitrogens with zero attached hydrogens (tertiary/aromatic N) is 3. The molecule has 2 heterocycles. The third-order valence-electron chi connectivity index (χ3n) is 6.24. The van der Waals surface area contributed by atoms with E-state index in [0.29, 0.717) is 30.3 Å². The van der Waals surface area contributed by atoms with Crippen LogP contribution in [-0.4, -0.2) is 64.6 Å². The fourth-order valence-electron chi connectivity index (χ4n) is 4.11. The number of aromatic nitrogens is 1. The Bertz CT molecular complexity index is 860. The average Bonchev–Trinajstić information content (AvgIpc) is 3.24. The van der Waals surface area contributed by atoms with Crippen molar-refractivity contribution in [2.45, 2.75) is 45.3 Å². The number of halogens is 1. The molecule has 170 valence electrons. The Kier molecular flexibility index (Phi) is 7.75. The Hall–Kier alpha value is -1.93. The molecule has 31 heavy (non-hydrogen) atoms. The summed E-state index contributed by atoms with van der Waals surface area (Å²) in [6.07, 6.45) is 2.28. The van der Waals surface area contributed by atoms with E-state index in [0.717, 1.165) is 37.5 Å². The lowest BCUT2D eigenvalue weighted by Crippen LogP contribution is -2.54. The van der Waals surface area contributed by atoms with E-state index in [-0.39, 0.29) is 17.4 Å². The number of carbonyl (C=O) groups is 1. The Labute approximate surface area is 189 Å². The Morgan fingerprint density at radius 3 is 2.48 bits per heavy atom. The number of carbonyl (C=O) groups excluding carboxylic acids is 1. The van der Waals surface area contributed by atoms with E-state index in [9.17, 15) is 9.90 Å². The van der Waals surface area contributed by atoms with Crippen LogP contribution >= 0.6 is 11.6 Å². The summed E-state index contributed by atoms with van der Waals surface area (Å²) in [5.41, 5.74) is 6.00. The number of hydrogen-bond donors (Lipinski definition) is 2. The first kappa shape index (κ1) is 23.7. The Morgan fingerprint density at radius 2 is 1.90 bits per heavy atom. The molecule has 0 aliphatic carbocycles. The zero-order chi connectivity index (χ0) is 22.6. The predicted molar refractivity (Wildman–Crippen MR) is 122 cm³/mol. The van der Waals surface area contributed by atoms with Crippen LogP contribution in [0.4, 0.5) is 0 Å². The van der Waals surface area contributed by atoms with Crippen LogP contribution in [0.2, 0.25) is 5.02 Å². The van der Waals surface area contributed by atoms with Crippen LogP contribution in [0.15, 0.2) is 34.9 Å². The molecule has 0 spiro atoms. The molecule has 0 radical (unpaired) electrons. The summed E-state index contributed by atoms with van der Waals surface area (Å²) in [6.45, 7) is 10.1. The lowest BCUT2D eigenvalue weighted by atomic mass is 9.97. The number of aliphatic hydroxyl groups is 1. The smallest absolute Gasteiger partial charge is 0.220 e. The van der Waals surface area contributed by atoms with Crippen LogP contribution in [0.3, 0.4) is 0 Å². The van der Waals surface area contributed by atoms with E-state index in [2.05, 4.69) is 28.6 Å². The van der Waals surface area contributed by atoms with Crippen molar-refractivity contribution in [1.29, 1.82) is 0 Å². The zero-order valence-electron chi connectivity index (χ0n) is 18.6. The number of amides is 1. The Morgan fingerprint density at radius 1 is 1.26 bits per heavy atom. The lowest BCUT2D eigenvalue weighted by Gasteiger charge is -2.42. The number of oxazole rings is 1. The van der Waals surface area contributed by atoms with Gasteiger partial charge in [-0.1, -0.05) is 18.5 Å². The van der Waals surface area contributed by atoms with Gasteiger partial charge < -0.3 is 15.3 Å². The lowest BCUT2D eigenvalue weighted by molar-refractivity contribution is -0.123. The largest absolute Gasteiger partial charge is 0.439 e. The van der Waals surface area contributed by atoms with Gasteiger partial charge in [0.1, 0.15) is 0 Å². The number of piperazine rings is 1. The number of primary amides is 1. The fraction of sp³-hybridized carbons (Fsp3) is 0.565. The van der Waals surface area contributed by atoms with Crippen LogP contribution in [0.25, 0.3) is 11.3 Å². The molecule has 1 saturated heterocycles. The summed E-state index contributed by atoms with van der Waals surface area (Å²) in [5, 5.41) is 11.1. The molecule has 1 amide bonds. The molecule has 1 aromatic carbocycles. The maximum absolute atomic E-state index is 11.4. The quantitative estimate of drug-likeness (QED) is 0.611. The summed E-state index contributed by atoms with van der Waals surface area (Å²) in [6, 6.07) is 7.52. The maximum atomic E-state index is 11.4. The maximum Gasteiger partial charge on any atom is 0.220 e. The van der Waals surface area contributed by atoms with Gasteiger partial charge >= 0.3 is 0 Å². The second-order valence-corrected chi connectivity index (χ2v) is 9.22. The molecule has 3 N–H and O–H groups in total. The highest BCUT2D eigenvalue weighted by Crippen LogP contribution is 2.31. The van der Waals surface area contributed by atoms with E-state index in [1.54, 1.807) is 6.20 Å². The van der Waals surface area contributed by atoms with Crippen LogP contribution in [0.1, 0.15) is 39.5 Å². The van der Waals surface area contributed by atoms with E-state index >= 15 is 0 Å². The third-order valence-corrected chi connectivity index (χ3v) is 6.49. The van der Waals surface area contributed by atoms with Gasteiger partial charge in [-0.2, -0.15) is 0 Å². The number of aliphatic hydroxyl groups excluding tert-OH is 1. The summed E-state index contributed by atoms with van der Waals surface area (Å²) < 4.78 is 6.10. The van der Waals surface area contributed by atoms with Crippen molar-refractivity contribution in [1.82, 2.24) is 14.8 Å². The number of β-amino-alcohol motifs (C(OH)–C–C–N with tert-alkyl or cyclic N) is 1. The third kappa shape index (κ3) is 5.86. The van der Waals surface area contributed by atoms with Crippen molar-refractivity contribution in [3.63, 3.8) is 0 Å². The first-order valence-electron chi connectivity index (χ1n) is 10.9. The van der Waals surface area contributed by atoms with E-state index in [4.69, 9.17) is 21.8 Å². The Balaban J connectivity index is 1.56. The van der Waals surface area contributed by atoms with Gasteiger partial charge in [0, 0.05) is 49.2 Å². The van der Waals surface area contributed by atoms with Crippen molar-refractivity contribution in [3.05, 3.63) is 41.4 Å². The zero-order valence-corrected chi connectivity index (χ0v) is 19.3. The summed E-state index contributed by atoms with van der Waals surface area (Å²) in [7, 11) is 0. The number of hydrogen-bond acceptors (Lipinski definition) is 6. The van der Waals surface area contributed by atoms with Gasteiger partial charge in [0.2, 0.25) is 11.8 Å². The second kappa shape index (κ2) is 10.1. The normalized spacial score (nSPS) is 18.1. The monoisotopic (exact) mass is 448 g/mol. The average molecular weight is 449 g/mol. The molecule has 1 aliphatic rings. The molecule has 8 heteroatoms. The van der Waals surface area contributed by atoms with Gasteiger partial charge in [-0.05, 0) is 51.0 Å². The molecule has 0 unspecified atom stereocenters. The SMILES string of the molecule is CC[C@H](C[C@H](O)CN1CCN(C(C)(C)c2ncc(-c3ccc(Cl)cc3)o2)CC1)C(N)=O. The second-order valence-electron chi connectivity index (χ2n) is 8.78. The predicted octanol–water partition coefficient (Wildman–Crippen LogP) is 3.11. The molecule has 0 bridgehead atoms. The van der Waals surface area contributed by atoms with Crippen LogP contribution in [0, 0.1) is 5.92 Å². The summed E-state index contributed by atoms with van der Waals surface area (Å²) >= 11 is 5.97. The van der Waals surface area contributed by atoms with Crippen LogP contribution in [0.5, 0.6) is 0 Å². The summed E-state index contributed by atoms with van der Waals surface area (Å²) in [5.74, 6) is 0.798. The standard InChI is InChI=1S/C23H33ClN4O3/c1-4-16(21(25)30)13-19(29)15-27-9-11-28(12-10-27)23(2,3)22-26-14-20(31-22)17-5-7-18(24)8-6-17/h5-8,14,16,19,29H,4,9-13,15H2,1-3H3,(H2,25,30)/t16-,19+/m1/s1. The van der Waals surface area contributed by atoms with Crippen LogP contribution < -0.4 is 5.73 Å². The van der Waals surface area contributed by atoms with Crippen molar-refractivity contribution in [2.75, 3.05) is 32.7 Å².